The predicted octanol–water partition coefficient (Wildman–Crippen LogP) is 3.86. The first-order chi connectivity index (χ1) is 9.88. The number of hydrogen-bond acceptors (Lipinski definition) is 2. The van der Waals surface area contributed by atoms with Crippen LogP contribution in [0.1, 0.15) is 16.7 Å². The van der Waals surface area contributed by atoms with Crippen molar-refractivity contribution in [3.8, 4) is 0 Å². The third-order valence-electron chi connectivity index (χ3n) is 3.29. The first kappa shape index (κ1) is 15.3. The summed E-state index contributed by atoms with van der Waals surface area (Å²) in [5.41, 5.74) is 9.09. The van der Waals surface area contributed by atoms with Gasteiger partial charge >= 0.3 is 0 Å². The standard InChI is InChI=1S/C16H16ClFN2O/c1-9-6-10(2)15(8-14(9)19)20-16(21)7-11-12(17)4-3-5-13(11)18/h3-6,8H,7,19H2,1-2H3,(H,20,21). The Kier molecular flexibility index (Phi) is 4.48. The minimum Gasteiger partial charge on any atom is -0.398 e. The van der Waals surface area contributed by atoms with E-state index >= 15 is 0 Å². The van der Waals surface area contributed by atoms with Crippen LogP contribution in [-0.2, 0) is 11.2 Å². The zero-order valence-electron chi connectivity index (χ0n) is 11.8. The summed E-state index contributed by atoms with van der Waals surface area (Å²) in [6.45, 7) is 3.77. The Hall–Kier alpha value is -2.07. The Morgan fingerprint density at radius 1 is 1.29 bits per heavy atom. The van der Waals surface area contributed by atoms with Crippen LogP contribution >= 0.6 is 11.6 Å². The third-order valence-corrected chi connectivity index (χ3v) is 3.64. The lowest BCUT2D eigenvalue weighted by atomic mass is 10.1. The van der Waals surface area contributed by atoms with Crippen molar-refractivity contribution in [1.29, 1.82) is 0 Å². The average Bonchev–Trinajstić information content (AvgIpc) is 2.40. The van der Waals surface area contributed by atoms with Gasteiger partial charge in [-0.05, 0) is 43.2 Å². The first-order valence-electron chi connectivity index (χ1n) is 6.48. The van der Waals surface area contributed by atoms with Gasteiger partial charge in [0.25, 0.3) is 0 Å². The van der Waals surface area contributed by atoms with Gasteiger partial charge in [-0.1, -0.05) is 23.7 Å². The second-order valence-corrected chi connectivity index (χ2v) is 5.36. The molecule has 0 aromatic heterocycles. The molecule has 0 spiro atoms. The third kappa shape index (κ3) is 3.52. The fourth-order valence-electron chi connectivity index (χ4n) is 2.06. The highest BCUT2D eigenvalue weighted by atomic mass is 35.5. The summed E-state index contributed by atoms with van der Waals surface area (Å²) in [6.07, 6.45) is -0.126. The number of nitrogen functional groups attached to an aromatic ring is 1. The molecule has 3 nitrogen and oxygen atoms in total. The van der Waals surface area contributed by atoms with Crippen molar-refractivity contribution in [1.82, 2.24) is 0 Å². The molecular weight excluding hydrogens is 291 g/mol. The van der Waals surface area contributed by atoms with E-state index in [1.807, 2.05) is 19.9 Å². The van der Waals surface area contributed by atoms with E-state index in [2.05, 4.69) is 5.32 Å². The normalized spacial score (nSPS) is 10.5. The van der Waals surface area contributed by atoms with Crippen LogP contribution in [0.15, 0.2) is 30.3 Å². The second kappa shape index (κ2) is 6.14. The molecule has 5 heteroatoms. The molecule has 110 valence electrons. The Bertz CT molecular complexity index is 681. The number of aryl methyl sites for hydroxylation is 2. The molecule has 0 saturated heterocycles. The van der Waals surface area contributed by atoms with Crippen LogP contribution in [0.2, 0.25) is 5.02 Å². The van der Waals surface area contributed by atoms with Crippen molar-refractivity contribution in [2.45, 2.75) is 20.3 Å². The highest BCUT2D eigenvalue weighted by Gasteiger charge is 2.13. The van der Waals surface area contributed by atoms with E-state index in [9.17, 15) is 9.18 Å². The molecule has 2 aromatic rings. The number of anilines is 2. The van der Waals surface area contributed by atoms with E-state index < -0.39 is 5.82 Å². The van der Waals surface area contributed by atoms with Crippen LogP contribution in [-0.4, -0.2) is 5.91 Å². The van der Waals surface area contributed by atoms with Gasteiger partial charge in [0, 0.05) is 22.0 Å². The molecular formula is C16H16ClFN2O. The molecule has 0 unspecified atom stereocenters. The van der Waals surface area contributed by atoms with Crippen molar-refractivity contribution >= 4 is 28.9 Å². The first-order valence-corrected chi connectivity index (χ1v) is 6.85. The molecule has 2 aromatic carbocycles. The van der Waals surface area contributed by atoms with Gasteiger partial charge < -0.3 is 11.1 Å². The second-order valence-electron chi connectivity index (χ2n) is 4.95. The molecule has 0 heterocycles. The SMILES string of the molecule is Cc1cc(C)c(NC(=O)Cc2c(F)cccc2Cl)cc1N. The van der Waals surface area contributed by atoms with Crippen LogP contribution in [0.25, 0.3) is 0 Å². The molecule has 21 heavy (non-hydrogen) atoms. The van der Waals surface area contributed by atoms with E-state index in [1.165, 1.54) is 12.1 Å². The summed E-state index contributed by atoms with van der Waals surface area (Å²) in [5.74, 6) is -0.828. The van der Waals surface area contributed by atoms with Crippen LogP contribution in [0.4, 0.5) is 15.8 Å². The smallest absolute Gasteiger partial charge is 0.228 e. The number of nitrogens with one attached hydrogen (secondary N) is 1. The molecule has 0 saturated carbocycles. The van der Waals surface area contributed by atoms with Crippen molar-refractivity contribution in [2.75, 3.05) is 11.1 Å². The maximum atomic E-state index is 13.7. The summed E-state index contributed by atoms with van der Waals surface area (Å²) in [5, 5.41) is 2.98. The van der Waals surface area contributed by atoms with Crippen molar-refractivity contribution in [2.24, 2.45) is 0 Å². The molecule has 0 aliphatic rings. The largest absolute Gasteiger partial charge is 0.398 e. The monoisotopic (exact) mass is 306 g/mol. The van der Waals surface area contributed by atoms with Crippen LogP contribution in [0.3, 0.4) is 0 Å². The van der Waals surface area contributed by atoms with Crippen LogP contribution in [0, 0.1) is 19.7 Å². The summed E-state index contributed by atoms with van der Waals surface area (Å²) in [4.78, 5) is 12.1. The fourth-order valence-corrected chi connectivity index (χ4v) is 2.29. The van der Waals surface area contributed by atoms with Gasteiger partial charge in [0.2, 0.25) is 5.91 Å². The minimum atomic E-state index is -0.488. The van der Waals surface area contributed by atoms with Crippen LogP contribution in [0.5, 0.6) is 0 Å². The maximum absolute atomic E-state index is 13.7. The van der Waals surface area contributed by atoms with Gasteiger partial charge in [-0.25, -0.2) is 4.39 Å². The number of hydrogen-bond donors (Lipinski definition) is 2. The van der Waals surface area contributed by atoms with Gasteiger partial charge in [-0.3, -0.25) is 4.79 Å². The average molecular weight is 307 g/mol. The van der Waals surface area contributed by atoms with E-state index in [4.69, 9.17) is 17.3 Å². The lowest BCUT2D eigenvalue weighted by Gasteiger charge is -2.12. The quantitative estimate of drug-likeness (QED) is 0.846. The Balaban J connectivity index is 2.18. The molecule has 0 atom stereocenters. The summed E-state index contributed by atoms with van der Waals surface area (Å²) in [6, 6.07) is 7.93. The maximum Gasteiger partial charge on any atom is 0.228 e. The van der Waals surface area contributed by atoms with Crippen LogP contribution < -0.4 is 11.1 Å². The number of nitrogens with two attached hydrogens (primary N) is 1. The topological polar surface area (TPSA) is 55.1 Å². The number of carbonyl (C=O) groups is 1. The Labute approximate surface area is 127 Å². The van der Waals surface area contributed by atoms with E-state index in [1.54, 1.807) is 12.1 Å². The Morgan fingerprint density at radius 2 is 2.00 bits per heavy atom. The van der Waals surface area contributed by atoms with Gasteiger partial charge in [-0.15, -0.1) is 0 Å². The zero-order chi connectivity index (χ0) is 15.6. The molecule has 0 aliphatic carbocycles. The molecule has 2 rings (SSSR count). The number of carbonyl (C=O) groups excluding carboxylic acids is 1. The predicted molar refractivity (Wildman–Crippen MR) is 84.1 cm³/mol. The van der Waals surface area contributed by atoms with Gasteiger partial charge in [0.15, 0.2) is 0 Å². The zero-order valence-corrected chi connectivity index (χ0v) is 12.6. The van der Waals surface area contributed by atoms with Gasteiger partial charge in [0.1, 0.15) is 5.82 Å². The molecule has 0 bridgehead atoms. The molecule has 0 fully saturated rings. The Morgan fingerprint density at radius 3 is 2.67 bits per heavy atom. The van der Waals surface area contributed by atoms with E-state index in [0.29, 0.717) is 11.4 Å². The lowest BCUT2D eigenvalue weighted by Crippen LogP contribution is -2.16. The van der Waals surface area contributed by atoms with Crippen molar-refractivity contribution in [3.05, 3.63) is 57.9 Å². The van der Waals surface area contributed by atoms with Crippen molar-refractivity contribution < 1.29 is 9.18 Å². The summed E-state index contributed by atoms with van der Waals surface area (Å²) >= 11 is 5.91. The van der Waals surface area contributed by atoms with E-state index in [0.717, 1.165) is 11.1 Å². The van der Waals surface area contributed by atoms with Crippen molar-refractivity contribution in [3.63, 3.8) is 0 Å². The summed E-state index contributed by atoms with van der Waals surface area (Å²) < 4.78 is 13.7. The minimum absolute atomic E-state index is 0.126. The highest BCUT2D eigenvalue weighted by molar-refractivity contribution is 6.31. The molecule has 0 aliphatic heterocycles. The van der Waals surface area contributed by atoms with Gasteiger partial charge in [0.05, 0.1) is 6.42 Å². The summed E-state index contributed by atoms with van der Waals surface area (Å²) in [7, 11) is 0. The number of rotatable bonds is 3. The van der Waals surface area contributed by atoms with Gasteiger partial charge in [-0.2, -0.15) is 0 Å². The lowest BCUT2D eigenvalue weighted by molar-refractivity contribution is -0.115. The molecule has 3 N–H and O–H groups in total. The van der Waals surface area contributed by atoms with E-state index in [-0.39, 0.29) is 22.9 Å². The molecule has 0 radical (unpaired) electrons. The highest BCUT2D eigenvalue weighted by Crippen LogP contribution is 2.24. The number of benzene rings is 2. The molecule has 1 amide bonds. The number of amides is 1. The number of halogens is 2. The fraction of sp³-hybridized carbons (Fsp3) is 0.188.